The van der Waals surface area contributed by atoms with Crippen LogP contribution in [0.4, 0.5) is 10.1 Å². The molecule has 27 heavy (non-hydrogen) atoms. The first-order valence-electron chi connectivity index (χ1n) is 7.95. The molecule has 1 amide bonds. The Bertz CT molecular complexity index is 854. The molecule has 0 saturated carbocycles. The summed E-state index contributed by atoms with van der Waals surface area (Å²) in [7, 11) is 0. The van der Waals surface area contributed by atoms with Crippen LogP contribution < -0.4 is 10.1 Å². The van der Waals surface area contributed by atoms with E-state index >= 15 is 0 Å². The third-order valence-corrected chi connectivity index (χ3v) is 3.80. The van der Waals surface area contributed by atoms with Crippen molar-refractivity contribution in [1.82, 2.24) is 0 Å². The minimum absolute atomic E-state index is 0.0271. The second-order valence-corrected chi connectivity index (χ2v) is 6.02. The number of halogens is 2. The highest BCUT2D eigenvalue weighted by molar-refractivity contribution is 6.33. The van der Waals surface area contributed by atoms with E-state index in [0.29, 0.717) is 11.3 Å². The van der Waals surface area contributed by atoms with Crippen molar-refractivity contribution >= 4 is 34.9 Å². The van der Waals surface area contributed by atoms with Crippen molar-refractivity contribution in [1.29, 1.82) is 0 Å². The number of benzene rings is 2. The molecule has 142 valence electrons. The first-order chi connectivity index (χ1) is 12.8. The monoisotopic (exact) mass is 393 g/mol. The standard InChI is InChI=1S/C19H17ClFNO5/c1-11(23)13-3-6-15(7-4-13)26-10-18(24)27-12(2)19(25)22-17-8-5-14(21)9-16(17)20/h3-9,12H,10H2,1-2H3,(H,22,25)/t12-/m1/s1. The van der Waals surface area contributed by atoms with Gasteiger partial charge in [-0.25, -0.2) is 9.18 Å². The average molecular weight is 394 g/mol. The molecule has 2 aromatic carbocycles. The molecule has 0 aliphatic rings. The van der Waals surface area contributed by atoms with E-state index in [-0.39, 0.29) is 16.5 Å². The summed E-state index contributed by atoms with van der Waals surface area (Å²) in [6, 6.07) is 9.75. The number of hydrogen-bond acceptors (Lipinski definition) is 5. The Morgan fingerprint density at radius 2 is 1.81 bits per heavy atom. The molecular formula is C19H17ClFNO5. The fraction of sp³-hybridized carbons (Fsp3) is 0.211. The summed E-state index contributed by atoms with van der Waals surface area (Å²) in [5.41, 5.74) is 0.724. The Kier molecular flexibility index (Phi) is 6.90. The molecule has 1 N–H and O–H groups in total. The molecule has 0 bridgehead atoms. The van der Waals surface area contributed by atoms with Gasteiger partial charge in [-0.1, -0.05) is 11.6 Å². The van der Waals surface area contributed by atoms with Gasteiger partial charge < -0.3 is 14.8 Å². The summed E-state index contributed by atoms with van der Waals surface area (Å²) in [4.78, 5) is 35.1. The smallest absolute Gasteiger partial charge is 0.344 e. The van der Waals surface area contributed by atoms with Crippen LogP contribution >= 0.6 is 11.6 Å². The van der Waals surface area contributed by atoms with Crippen molar-refractivity contribution in [2.75, 3.05) is 11.9 Å². The lowest BCUT2D eigenvalue weighted by Gasteiger charge is -2.14. The molecule has 0 fully saturated rings. The van der Waals surface area contributed by atoms with E-state index in [1.807, 2.05) is 0 Å². The molecule has 0 spiro atoms. The first kappa shape index (κ1) is 20.4. The number of esters is 1. The highest BCUT2D eigenvalue weighted by Crippen LogP contribution is 2.22. The summed E-state index contributed by atoms with van der Waals surface area (Å²) >= 11 is 5.83. The van der Waals surface area contributed by atoms with Crippen molar-refractivity contribution in [2.24, 2.45) is 0 Å². The third-order valence-electron chi connectivity index (χ3n) is 3.48. The topological polar surface area (TPSA) is 81.7 Å². The minimum atomic E-state index is -1.11. The molecule has 0 unspecified atom stereocenters. The van der Waals surface area contributed by atoms with Crippen molar-refractivity contribution in [3.63, 3.8) is 0 Å². The molecule has 2 aromatic rings. The summed E-state index contributed by atoms with van der Waals surface area (Å²) in [6.45, 7) is 2.42. The van der Waals surface area contributed by atoms with Crippen LogP contribution in [-0.2, 0) is 14.3 Å². The van der Waals surface area contributed by atoms with Crippen molar-refractivity contribution in [2.45, 2.75) is 20.0 Å². The van der Waals surface area contributed by atoms with E-state index in [4.69, 9.17) is 21.1 Å². The number of hydrogen-bond donors (Lipinski definition) is 1. The number of amides is 1. The number of carbonyl (C=O) groups excluding carboxylic acids is 3. The molecule has 0 saturated heterocycles. The Labute approximate surface area is 160 Å². The first-order valence-corrected chi connectivity index (χ1v) is 8.33. The highest BCUT2D eigenvalue weighted by atomic mass is 35.5. The molecule has 0 aliphatic carbocycles. The molecular weight excluding hydrogens is 377 g/mol. The Balaban J connectivity index is 1.83. The zero-order chi connectivity index (χ0) is 20.0. The largest absolute Gasteiger partial charge is 0.482 e. The van der Waals surface area contributed by atoms with Crippen LogP contribution in [0.3, 0.4) is 0 Å². The van der Waals surface area contributed by atoms with Gasteiger partial charge >= 0.3 is 5.97 Å². The zero-order valence-corrected chi connectivity index (χ0v) is 15.4. The van der Waals surface area contributed by atoms with Gasteiger partial charge in [0.1, 0.15) is 11.6 Å². The number of nitrogens with one attached hydrogen (secondary N) is 1. The SMILES string of the molecule is CC(=O)c1ccc(OCC(=O)O[C@H](C)C(=O)Nc2ccc(F)cc2Cl)cc1. The Morgan fingerprint density at radius 3 is 2.41 bits per heavy atom. The van der Waals surface area contributed by atoms with Gasteiger partial charge in [-0.15, -0.1) is 0 Å². The number of carbonyl (C=O) groups is 3. The Hall–Kier alpha value is -2.93. The van der Waals surface area contributed by atoms with Gasteiger partial charge in [0.05, 0.1) is 10.7 Å². The Morgan fingerprint density at radius 1 is 1.15 bits per heavy atom. The van der Waals surface area contributed by atoms with E-state index in [0.717, 1.165) is 12.1 Å². The zero-order valence-electron chi connectivity index (χ0n) is 14.6. The molecule has 0 radical (unpaired) electrons. The third kappa shape index (κ3) is 6.07. The van der Waals surface area contributed by atoms with Gasteiger partial charge in [0.2, 0.25) is 0 Å². The lowest BCUT2D eigenvalue weighted by molar-refractivity contribution is -0.155. The lowest BCUT2D eigenvalue weighted by atomic mass is 10.1. The second kappa shape index (κ2) is 9.14. The molecule has 0 aliphatic heterocycles. The number of ketones is 1. The maximum Gasteiger partial charge on any atom is 0.344 e. The fourth-order valence-electron chi connectivity index (χ4n) is 2.04. The average Bonchev–Trinajstić information content (AvgIpc) is 2.62. The summed E-state index contributed by atoms with van der Waals surface area (Å²) < 4.78 is 23.2. The van der Waals surface area contributed by atoms with Gasteiger partial charge in [-0.05, 0) is 56.3 Å². The van der Waals surface area contributed by atoms with Crippen LogP contribution in [0, 0.1) is 5.82 Å². The van der Waals surface area contributed by atoms with Crippen molar-refractivity contribution < 1.29 is 28.2 Å². The van der Waals surface area contributed by atoms with Gasteiger partial charge in [0.25, 0.3) is 5.91 Å². The van der Waals surface area contributed by atoms with Crippen LogP contribution in [0.5, 0.6) is 5.75 Å². The minimum Gasteiger partial charge on any atom is -0.482 e. The van der Waals surface area contributed by atoms with Crippen LogP contribution in [0.2, 0.25) is 5.02 Å². The van der Waals surface area contributed by atoms with Crippen LogP contribution in [0.1, 0.15) is 24.2 Å². The lowest BCUT2D eigenvalue weighted by Crippen LogP contribution is -2.31. The second-order valence-electron chi connectivity index (χ2n) is 5.61. The fourth-order valence-corrected chi connectivity index (χ4v) is 2.25. The van der Waals surface area contributed by atoms with Crippen molar-refractivity contribution in [3.8, 4) is 5.75 Å². The van der Waals surface area contributed by atoms with Gasteiger partial charge in [-0.2, -0.15) is 0 Å². The van der Waals surface area contributed by atoms with E-state index in [9.17, 15) is 18.8 Å². The van der Waals surface area contributed by atoms with Crippen LogP contribution in [0.25, 0.3) is 0 Å². The van der Waals surface area contributed by atoms with Gasteiger partial charge in [0.15, 0.2) is 18.5 Å². The van der Waals surface area contributed by atoms with Gasteiger partial charge in [-0.3, -0.25) is 9.59 Å². The normalized spacial score (nSPS) is 11.4. The summed E-state index contributed by atoms with van der Waals surface area (Å²) in [5, 5.41) is 2.47. The van der Waals surface area contributed by atoms with Gasteiger partial charge in [0, 0.05) is 5.56 Å². The molecule has 6 nitrogen and oxygen atoms in total. The molecule has 2 rings (SSSR count). The maximum absolute atomic E-state index is 13.0. The van der Waals surface area contributed by atoms with E-state index < -0.39 is 30.4 Å². The van der Waals surface area contributed by atoms with Crippen LogP contribution in [0.15, 0.2) is 42.5 Å². The number of Topliss-reactive ketones (excluding diaryl/α,β-unsaturated/α-hetero) is 1. The van der Waals surface area contributed by atoms with E-state index in [1.165, 1.54) is 19.9 Å². The maximum atomic E-state index is 13.0. The summed E-state index contributed by atoms with van der Waals surface area (Å²) in [5.74, 6) is -1.61. The number of ether oxygens (including phenoxy) is 2. The number of rotatable bonds is 7. The predicted molar refractivity (Wildman–Crippen MR) is 97.5 cm³/mol. The van der Waals surface area contributed by atoms with Crippen LogP contribution in [-0.4, -0.2) is 30.4 Å². The molecule has 8 heteroatoms. The number of anilines is 1. The predicted octanol–water partition coefficient (Wildman–Crippen LogP) is 3.63. The van der Waals surface area contributed by atoms with Crippen molar-refractivity contribution in [3.05, 3.63) is 58.9 Å². The molecule has 0 heterocycles. The molecule has 1 atom stereocenters. The highest BCUT2D eigenvalue weighted by Gasteiger charge is 2.19. The van der Waals surface area contributed by atoms with E-state index in [2.05, 4.69) is 5.32 Å². The quantitative estimate of drug-likeness (QED) is 0.573. The van der Waals surface area contributed by atoms with E-state index in [1.54, 1.807) is 24.3 Å². The summed E-state index contributed by atoms with van der Waals surface area (Å²) in [6.07, 6.45) is -1.11. The molecule has 0 aromatic heterocycles.